The van der Waals surface area contributed by atoms with Crippen molar-refractivity contribution in [2.75, 3.05) is 13.7 Å². The van der Waals surface area contributed by atoms with Gasteiger partial charge in [0.1, 0.15) is 5.75 Å². The number of thiazole rings is 1. The van der Waals surface area contributed by atoms with Gasteiger partial charge in [0.05, 0.1) is 18.5 Å². The Morgan fingerprint density at radius 2 is 1.83 bits per heavy atom. The van der Waals surface area contributed by atoms with E-state index < -0.39 is 0 Å². The van der Waals surface area contributed by atoms with Crippen molar-refractivity contribution in [1.82, 2.24) is 14.3 Å². The largest absolute Gasteiger partial charge is 0.497 e. The van der Waals surface area contributed by atoms with Crippen LogP contribution in [0.5, 0.6) is 5.75 Å². The first-order valence-corrected chi connectivity index (χ1v) is 10.9. The van der Waals surface area contributed by atoms with Crippen LogP contribution in [0.25, 0.3) is 16.2 Å². The third kappa shape index (κ3) is 4.41. The minimum atomic E-state index is -0.0652. The minimum Gasteiger partial charge on any atom is -0.497 e. The molecule has 0 saturated heterocycles. The summed E-state index contributed by atoms with van der Waals surface area (Å²) in [5, 5.41) is 2.70. The van der Waals surface area contributed by atoms with Gasteiger partial charge in [0.2, 0.25) is 0 Å². The lowest BCUT2D eigenvalue weighted by atomic mass is 10.1. The average Bonchev–Trinajstić information content (AvgIpc) is 3.19. The maximum absolute atomic E-state index is 12.9. The predicted octanol–water partition coefficient (Wildman–Crippen LogP) is 5.11. The Labute approximate surface area is 184 Å². The highest BCUT2D eigenvalue weighted by Crippen LogP contribution is 2.26. The number of halogens is 1. The Bertz CT molecular complexity index is 1200. The summed E-state index contributed by atoms with van der Waals surface area (Å²) >= 11 is 7.46. The summed E-state index contributed by atoms with van der Waals surface area (Å²) in [7, 11) is 1.64. The molecule has 0 unspecified atom stereocenters. The Kier molecular flexibility index (Phi) is 6.18. The lowest BCUT2D eigenvalue weighted by molar-refractivity contribution is 0.268. The first kappa shape index (κ1) is 20.6. The van der Waals surface area contributed by atoms with Gasteiger partial charge in [-0.05, 0) is 54.1 Å². The van der Waals surface area contributed by atoms with Crippen LogP contribution >= 0.6 is 22.9 Å². The van der Waals surface area contributed by atoms with Crippen LogP contribution in [0.2, 0.25) is 5.02 Å². The molecule has 0 bridgehead atoms. The van der Waals surface area contributed by atoms with Gasteiger partial charge in [0.15, 0.2) is 4.96 Å². The smallest absolute Gasteiger partial charge is 0.259 e. The van der Waals surface area contributed by atoms with Crippen molar-refractivity contribution in [1.29, 1.82) is 0 Å². The van der Waals surface area contributed by atoms with Gasteiger partial charge in [0.25, 0.3) is 5.56 Å². The van der Waals surface area contributed by atoms with Gasteiger partial charge in [-0.2, -0.15) is 0 Å². The summed E-state index contributed by atoms with van der Waals surface area (Å²) in [4.78, 5) is 20.6. The van der Waals surface area contributed by atoms with E-state index in [-0.39, 0.29) is 5.56 Å². The molecule has 2 aromatic heterocycles. The Morgan fingerprint density at radius 1 is 1.10 bits per heavy atom. The van der Waals surface area contributed by atoms with Crippen molar-refractivity contribution in [3.8, 4) is 17.0 Å². The molecule has 0 aliphatic rings. The maximum Gasteiger partial charge on any atom is 0.259 e. The number of methoxy groups -OCH3 is 1. The van der Waals surface area contributed by atoms with Crippen LogP contribution < -0.4 is 10.3 Å². The van der Waals surface area contributed by atoms with E-state index in [9.17, 15) is 4.79 Å². The van der Waals surface area contributed by atoms with Crippen LogP contribution in [-0.2, 0) is 13.1 Å². The van der Waals surface area contributed by atoms with E-state index >= 15 is 0 Å². The van der Waals surface area contributed by atoms with Crippen LogP contribution in [0, 0.1) is 0 Å². The molecule has 0 radical (unpaired) electrons. The Hall–Kier alpha value is -2.67. The molecule has 30 heavy (non-hydrogen) atoms. The van der Waals surface area contributed by atoms with Gasteiger partial charge < -0.3 is 4.74 Å². The number of ether oxygens (including phenoxy) is 1. The van der Waals surface area contributed by atoms with Crippen molar-refractivity contribution in [3.05, 3.63) is 86.6 Å². The monoisotopic (exact) mass is 439 g/mol. The molecule has 0 fully saturated rings. The summed E-state index contributed by atoms with van der Waals surface area (Å²) in [5.41, 5.74) is 3.69. The van der Waals surface area contributed by atoms with E-state index in [1.165, 1.54) is 16.9 Å². The lowest BCUT2D eigenvalue weighted by Crippen LogP contribution is -2.24. The maximum atomic E-state index is 12.9. The molecular weight excluding hydrogens is 418 g/mol. The molecule has 0 spiro atoms. The molecule has 154 valence electrons. The summed E-state index contributed by atoms with van der Waals surface area (Å²) in [5.74, 6) is 0.784. The van der Waals surface area contributed by atoms with Gasteiger partial charge >= 0.3 is 0 Å². The van der Waals surface area contributed by atoms with Crippen molar-refractivity contribution < 1.29 is 4.74 Å². The second-order valence-electron chi connectivity index (χ2n) is 6.98. The van der Waals surface area contributed by atoms with Gasteiger partial charge in [-0.25, -0.2) is 4.98 Å². The first-order chi connectivity index (χ1) is 14.6. The highest BCUT2D eigenvalue weighted by atomic mass is 35.5. The molecule has 0 aliphatic carbocycles. The van der Waals surface area contributed by atoms with E-state index in [0.29, 0.717) is 11.5 Å². The number of hydrogen-bond donors (Lipinski definition) is 0. The van der Waals surface area contributed by atoms with Gasteiger partial charge in [-0.1, -0.05) is 30.7 Å². The highest BCUT2D eigenvalue weighted by Gasteiger charge is 2.13. The fourth-order valence-corrected chi connectivity index (χ4v) is 4.41. The quantitative estimate of drug-likeness (QED) is 0.401. The molecule has 7 heteroatoms. The molecule has 0 amide bonds. The SMILES string of the molecule is CCN(Cc1ccc(Cl)cc1)Cc1cc(=O)n2c(-c3ccc(OC)cc3)csc2n1. The van der Waals surface area contributed by atoms with Crippen LogP contribution in [0.15, 0.2) is 64.8 Å². The minimum absolute atomic E-state index is 0.0652. The molecule has 0 aliphatic heterocycles. The number of benzene rings is 2. The molecule has 2 aromatic carbocycles. The van der Waals surface area contributed by atoms with Crippen LogP contribution in [0.4, 0.5) is 0 Å². The second kappa shape index (κ2) is 9.00. The van der Waals surface area contributed by atoms with Gasteiger partial charge in [-0.15, -0.1) is 11.3 Å². The van der Waals surface area contributed by atoms with Crippen molar-refractivity contribution >= 4 is 27.9 Å². The summed E-state index contributed by atoms with van der Waals surface area (Å²) in [6, 6.07) is 17.2. The molecular formula is C23H22ClN3O2S. The fourth-order valence-electron chi connectivity index (χ4n) is 3.37. The van der Waals surface area contributed by atoms with E-state index in [4.69, 9.17) is 21.3 Å². The van der Waals surface area contributed by atoms with Crippen molar-refractivity contribution in [2.24, 2.45) is 0 Å². The Balaban J connectivity index is 1.59. The zero-order valence-corrected chi connectivity index (χ0v) is 18.4. The second-order valence-corrected chi connectivity index (χ2v) is 8.26. The molecule has 4 rings (SSSR count). The summed E-state index contributed by atoms with van der Waals surface area (Å²) in [6.45, 7) is 4.34. The van der Waals surface area contributed by atoms with E-state index in [1.807, 2.05) is 53.9 Å². The number of nitrogens with zero attached hydrogens (tertiary/aromatic N) is 3. The van der Waals surface area contributed by atoms with Crippen molar-refractivity contribution in [3.63, 3.8) is 0 Å². The number of rotatable bonds is 7. The highest BCUT2D eigenvalue weighted by molar-refractivity contribution is 7.15. The molecule has 0 atom stereocenters. The third-order valence-electron chi connectivity index (χ3n) is 5.00. The molecule has 4 aromatic rings. The van der Waals surface area contributed by atoms with Gasteiger partial charge in [-0.3, -0.25) is 14.1 Å². The third-order valence-corrected chi connectivity index (χ3v) is 6.07. The van der Waals surface area contributed by atoms with E-state index in [0.717, 1.165) is 40.8 Å². The lowest BCUT2D eigenvalue weighted by Gasteiger charge is -2.20. The molecule has 0 N–H and O–H groups in total. The number of hydrogen-bond acceptors (Lipinski definition) is 5. The summed E-state index contributed by atoms with van der Waals surface area (Å²) < 4.78 is 6.89. The van der Waals surface area contributed by atoms with E-state index in [2.05, 4.69) is 11.8 Å². The van der Waals surface area contributed by atoms with Crippen LogP contribution in [0.1, 0.15) is 18.2 Å². The molecule has 0 saturated carbocycles. The number of fused-ring (bicyclic) bond motifs is 1. The van der Waals surface area contributed by atoms with Gasteiger partial charge in [0, 0.05) is 29.6 Å². The summed E-state index contributed by atoms with van der Waals surface area (Å²) in [6.07, 6.45) is 0. The number of aromatic nitrogens is 2. The van der Waals surface area contributed by atoms with Crippen LogP contribution in [-0.4, -0.2) is 27.9 Å². The van der Waals surface area contributed by atoms with Crippen LogP contribution in [0.3, 0.4) is 0 Å². The Morgan fingerprint density at radius 3 is 2.50 bits per heavy atom. The average molecular weight is 440 g/mol. The molecule has 2 heterocycles. The standard InChI is InChI=1S/C23H22ClN3O2S/c1-3-26(13-16-4-8-18(24)9-5-16)14-19-12-22(28)27-21(15-30-23(27)25-19)17-6-10-20(29-2)11-7-17/h4-12,15H,3,13-14H2,1-2H3. The predicted molar refractivity (Wildman–Crippen MR) is 123 cm³/mol. The zero-order chi connectivity index (χ0) is 21.1. The van der Waals surface area contributed by atoms with Crippen molar-refractivity contribution in [2.45, 2.75) is 20.0 Å². The zero-order valence-electron chi connectivity index (χ0n) is 16.8. The fraction of sp³-hybridized carbons (Fsp3) is 0.217. The molecule has 5 nitrogen and oxygen atoms in total. The normalized spacial score (nSPS) is 11.3. The topological polar surface area (TPSA) is 46.8 Å². The first-order valence-electron chi connectivity index (χ1n) is 9.68. The van der Waals surface area contributed by atoms with E-state index in [1.54, 1.807) is 17.6 Å².